The van der Waals surface area contributed by atoms with E-state index in [9.17, 15) is 13.2 Å². The molecule has 1 atom stereocenters. The van der Waals surface area contributed by atoms with Crippen LogP contribution < -0.4 is 5.32 Å². The Morgan fingerprint density at radius 3 is 2.46 bits per heavy atom. The van der Waals surface area contributed by atoms with Crippen LogP contribution in [0.1, 0.15) is 22.7 Å². The molecule has 126 valence electrons. The van der Waals surface area contributed by atoms with E-state index < -0.39 is 16.1 Å². The summed E-state index contributed by atoms with van der Waals surface area (Å²) in [5.41, 5.74) is 2.36. The number of carbonyl (C=O) groups is 1. The summed E-state index contributed by atoms with van der Waals surface area (Å²) in [6.45, 7) is 4.26. The molecule has 5 nitrogen and oxygen atoms in total. The lowest BCUT2D eigenvalue weighted by Crippen LogP contribution is -2.52. The summed E-state index contributed by atoms with van der Waals surface area (Å²) in [4.78, 5) is 12.7. The van der Waals surface area contributed by atoms with Gasteiger partial charge in [-0.1, -0.05) is 48.0 Å². The quantitative estimate of drug-likeness (QED) is 0.928. The molecular formula is C18H20N2O3S. The van der Waals surface area contributed by atoms with E-state index in [0.717, 1.165) is 5.56 Å². The lowest BCUT2D eigenvalue weighted by molar-refractivity contribution is -0.126. The number of piperazine rings is 1. The second-order valence-electron chi connectivity index (χ2n) is 5.99. The van der Waals surface area contributed by atoms with Crippen molar-refractivity contribution in [3.05, 3.63) is 65.2 Å². The highest BCUT2D eigenvalue weighted by Crippen LogP contribution is 2.31. The fourth-order valence-corrected chi connectivity index (χ4v) is 4.86. The zero-order chi connectivity index (χ0) is 17.3. The first-order chi connectivity index (χ1) is 11.4. The van der Waals surface area contributed by atoms with Gasteiger partial charge in [0.25, 0.3) is 0 Å². The number of benzene rings is 2. The Balaban J connectivity index is 2.09. The Morgan fingerprint density at radius 2 is 1.79 bits per heavy atom. The van der Waals surface area contributed by atoms with Gasteiger partial charge in [0.15, 0.2) is 0 Å². The lowest BCUT2D eigenvalue weighted by Gasteiger charge is -2.34. The van der Waals surface area contributed by atoms with Gasteiger partial charge < -0.3 is 5.32 Å². The molecule has 6 heteroatoms. The van der Waals surface area contributed by atoms with Crippen molar-refractivity contribution in [3.63, 3.8) is 0 Å². The van der Waals surface area contributed by atoms with E-state index >= 15 is 0 Å². The molecule has 1 amide bonds. The lowest BCUT2D eigenvalue weighted by atomic mass is 10.1. The van der Waals surface area contributed by atoms with E-state index in [1.807, 2.05) is 19.1 Å². The summed E-state index contributed by atoms with van der Waals surface area (Å²) in [5.74, 6) is -0.291. The molecule has 0 bridgehead atoms. The normalized spacial score (nSPS) is 19.1. The van der Waals surface area contributed by atoms with E-state index in [4.69, 9.17) is 0 Å². The Kier molecular flexibility index (Phi) is 4.43. The molecule has 0 saturated carbocycles. The van der Waals surface area contributed by atoms with Gasteiger partial charge in [0.05, 0.1) is 4.90 Å². The molecular weight excluding hydrogens is 324 g/mol. The maximum absolute atomic E-state index is 13.2. The molecule has 0 radical (unpaired) electrons. The number of hydrogen-bond acceptors (Lipinski definition) is 3. The number of amides is 1. The van der Waals surface area contributed by atoms with Crippen LogP contribution in [-0.4, -0.2) is 31.7 Å². The van der Waals surface area contributed by atoms with Crippen LogP contribution in [0.15, 0.2) is 53.4 Å². The molecule has 1 N–H and O–H groups in total. The maximum atomic E-state index is 13.2. The van der Waals surface area contributed by atoms with Gasteiger partial charge in [0, 0.05) is 13.1 Å². The summed E-state index contributed by atoms with van der Waals surface area (Å²) in [6, 6.07) is 13.4. The van der Waals surface area contributed by atoms with Gasteiger partial charge >= 0.3 is 0 Å². The predicted octanol–water partition coefficient (Wildman–Crippen LogP) is 2.17. The molecule has 2 aromatic rings. The third-order valence-electron chi connectivity index (χ3n) is 4.20. The number of nitrogens with one attached hydrogen (secondary N) is 1. The minimum Gasteiger partial charge on any atom is -0.353 e. The molecule has 24 heavy (non-hydrogen) atoms. The highest BCUT2D eigenvalue weighted by molar-refractivity contribution is 7.89. The average molecular weight is 344 g/mol. The van der Waals surface area contributed by atoms with Gasteiger partial charge in [-0.2, -0.15) is 4.31 Å². The molecule has 0 spiro atoms. The summed E-state index contributed by atoms with van der Waals surface area (Å²) in [7, 11) is -3.77. The van der Waals surface area contributed by atoms with Gasteiger partial charge in [0.1, 0.15) is 6.04 Å². The second-order valence-corrected chi connectivity index (χ2v) is 7.85. The van der Waals surface area contributed by atoms with Crippen LogP contribution in [0.4, 0.5) is 0 Å². The average Bonchev–Trinajstić information content (AvgIpc) is 2.55. The van der Waals surface area contributed by atoms with Crippen LogP contribution in [0.25, 0.3) is 0 Å². The summed E-state index contributed by atoms with van der Waals surface area (Å²) in [6.07, 6.45) is 0. The molecule has 1 aliphatic rings. The molecule has 1 heterocycles. The van der Waals surface area contributed by atoms with Crippen LogP contribution in [0.5, 0.6) is 0 Å². The van der Waals surface area contributed by atoms with Crippen LogP contribution in [0.3, 0.4) is 0 Å². The highest BCUT2D eigenvalue weighted by Gasteiger charge is 2.39. The number of nitrogens with zero attached hydrogens (tertiary/aromatic N) is 1. The second kappa shape index (κ2) is 6.37. The zero-order valence-electron chi connectivity index (χ0n) is 13.7. The minimum atomic E-state index is -3.77. The SMILES string of the molecule is Cc1ccc(S(=O)(=O)N2CCNC(=O)C2c2ccccc2)c(C)c1. The number of hydrogen-bond donors (Lipinski definition) is 1. The van der Waals surface area contributed by atoms with Gasteiger partial charge in [-0.15, -0.1) is 0 Å². The molecule has 1 aliphatic heterocycles. The predicted molar refractivity (Wildman–Crippen MR) is 92.0 cm³/mol. The summed E-state index contributed by atoms with van der Waals surface area (Å²) >= 11 is 0. The van der Waals surface area contributed by atoms with E-state index in [1.165, 1.54) is 4.31 Å². The summed E-state index contributed by atoms with van der Waals surface area (Å²) < 4.78 is 27.7. The number of rotatable bonds is 3. The Bertz CT molecular complexity index is 863. The Hall–Kier alpha value is -2.18. The molecule has 1 fully saturated rings. The van der Waals surface area contributed by atoms with E-state index in [2.05, 4.69) is 5.32 Å². The Morgan fingerprint density at radius 1 is 1.08 bits per heavy atom. The van der Waals surface area contributed by atoms with Crippen molar-refractivity contribution in [2.45, 2.75) is 24.8 Å². The minimum absolute atomic E-state index is 0.251. The number of carbonyl (C=O) groups excluding carboxylic acids is 1. The molecule has 0 aromatic heterocycles. The fourth-order valence-electron chi connectivity index (χ4n) is 3.07. The van der Waals surface area contributed by atoms with E-state index in [0.29, 0.717) is 17.7 Å². The van der Waals surface area contributed by atoms with E-state index in [-0.39, 0.29) is 17.3 Å². The standard InChI is InChI=1S/C18H20N2O3S/c1-13-8-9-16(14(2)12-13)24(22,23)20-11-10-19-18(21)17(20)15-6-4-3-5-7-15/h3-9,12,17H,10-11H2,1-2H3,(H,19,21). The molecule has 1 saturated heterocycles. The van der Waals surface area contributed by atoms with Crippen LogP contribution >= 0.6 is 0 Å². The molecule has 3 rings (SSSR count). The molecule has 1 unspecified atom stereocenters. The van der Waals surface area contributed by atoms with Crippen molar-refractivity contribution in [1.82, 2.24) is 9.62 Å². The smallest absolute Gasteiger partial charge is 0.244 e. The van der Waals surface area contributed by atoms with Crippen molar-refractivity contribution in [2.24, 2.45) is 0 Å². The van der Waals surface area contributed by atoms with Crippen molar-refractivity contribution in [1.29, 1.82) is 0 Å². The number of aryl methyl sites for hydroxylation is 2. The fraction of sp³-hybridized carbons (Fsp3) is 0.278. The first-order valence-corrected chi connectivity index (χ1v) is 9.27. The van der Waals surface area contributed by atoms with Gasteiger partial charge in [-0.25, -0.2) is 8.42 Å². The Labute approximate surface area is 142 Å². The highest BCUT2D eigenvalue weighted by atomic mass is 32.2. The topological polar surface area (TPSA) is 66.5 Å². The third-order valence-corrected chi connectivity index (χ3v) is 6.22. The van der Waals surface area contributed by atoms with Gasteiger partial charge in [-0.05, 0) is 31.0 Å². The van der Waals surface area contributed by atoms with Crippen molar-refractivity contribution < 1.29 is 13.2 Å². The first-order valence-electron chi connectivity index (χ1n) is 7.83. The summed E-state index contributed by atoms with van der Waals surface area (Å²) in [5, 5.41) is 2.76. The molecule has 2 aromatic carbocycles. The first kappa shape index (κ1) is 16.7. The van der Waals surface area contributed by atoms with Crippen molar-refractivity contribution in [3.8, 4) is 0 Å². The zero-order valence-corrected chi connectivity index (χ0v) is 14.5. The number of sulfonamides is 1. The van der Waals surface area contributed by atoms with Crippen molar-refractivity contribution >= 4 is 15.9 Å². The van der Waals surface area contributed by atoms with Crippen LogP contribution in [0, 0.1) is 13.8 Å². The largest absolute Gasteiger partial charge is 0.353 e. The molecule has 0 aliphatic carbocycles. The monoisotopic (exact) mass is 344 g/mol. The van der Waals surface area contributed by atoms with Gasteiger partial charge in [0.2, 0.25) is 15.9 Å². The van der Waals surface area contributed by atoms with Crippen LogP contribution in [-0.2, 0) is 14.8 Å². The van der Waals surface area contributed by atoms with Gasteiger partial charge in [-0.3, -0.25) is 4.79 Å². The van der Waals surface area contributed by atoms with E-state index in [1.54, 1.807) is 43.3 Å². The maximum Gasteiger partial charge on any atom is 0.244 e. The third kappa shape index (κ3) is 2.95. The van der Waals surface area contributed by atoms with Crippen molar-refractivity contribution in [2.75, 3.05) is 13.1 Å². The van der Waals surface area contributed by atoms with Crippen LogP contribution in [0.2, 0.25) is 0 Å².